The van der Waals surface area contributed by atoms with E-state index in [1.165, 1.54) is 17.9 Å². The van der Waals surface area contributed by atoms with Gasteiger partial charge in [-0.1, -0.05) is 20.8 Å². The summed E-state index contributed by atoms with van der Waals surface area (Å²) in [5.74, 6) is 3.09. The molecule has 0 aromatic heterocycles. The maximum Gasteiger partial charge on any atom is 0.0743 e. The maximum absolute atomic E-state index is 10.1. The lowest BCUT2D eigenvalue weighted by molar-refractivity contribution is 0.0456. The molecule has 0 aliphatic carbocycles. The monoisotopic (exact) mass is 247 g/mol. The van der Waals surface area contributed by atoms with Crippen LogP contribution in [0.1, 0.15) is 47.0 Å². The van der Waals surface area contributed by atoms with Gasteiger partial charge in [-0.15, -0.1) is 0 Å². The molecule has 1 atom stereocenters. The molecule has 1 unspecified atom stereocenters. The molecule has 0 spiro atoms. The summed E-state index contributed by atoms with van der Waals surface area (Å²) in [6.07, 6.45) is 3.18. The van der Waals surface area contributed by atoms with Crippen molar-refractivity contribution in [1.29, 1.82) is 0 Å². The van der Waals surface area contributed by atoms with Crippen molar-refractivity contribution in [2.75, 3.05) is 24.6 Å². The third kappa shape index (κ3) is 10.8. The van der Waals surface area contributed by atoms with Crippen LogP contribution in [0, 0.1) is 5.92 Å². The number of hydrogen-bond acceptors (Lipinski definition) is 3. The Balaban J connectivity index is 3.42. The minimum atomic E-state index is -0.540. The zero-order valence-corrected chi connectivity index (χ0v) is 12.2. The molecule has 0 radical (unpaired) electrons. The van der Waals surface area contributed by atoms with Crippen LogP contribution in [-0.4, -0.2) is 35.3 Å². The molecule has 0 aromatic rings. The van der Waals surface area contributed by atoms with Crippen LogP contribution in [0.5, 0.6) is 0 Å². The van der Waals surface area contributed by atoms with E-state index in [-0.39, 0.29) is 0 Å². The van der Waals surface area contributed by atoms with Gasteiger partial charge >= 0.3 is 0 Å². The van der Waals surface area contributed by atoms with Gasteiger partial charge in [0.25, 0.3) is 0 Å². The van der Waals surface area contributed by atoms with Crippen molar-refractivity contribution in [2.24, 2.45) is 5.92 Å². The summed E-state index contributed by atoms with van der Waals surface area (Å²) in [6.45, 7) is 10.3. The van der Waals surface area contributed by atoms with Crippen molar-refractivity contribution in [2.45, 2.75) is 52.6 Å². The molecule has 0 aromatic carbocycles. The Kier molecular flexibility index (Phi) is 9.47. The molecule has 16 heavy (non-hydrogen) atoms. The summed E-state index contributed by atoms with van der Waals surface area (Å²) in [5, 5.41) is 13.4. The molecular formula is C13H29NOS. The van der Waals surface area contributed by atoms with Gasteiger partial charge in [0, 0.05) is 6.54 Å². The zero-order valence-electron chi connectivity index (χ0n) is 11.4. The lowest BCUT2D eigenvalue weighted by Crippen LogP contribution is -2.38. The van der Waals surface area contributed by atoms with Crippen molar-refractivity contribution in [3.63, 3.8) is 0 Å². The summed E-state index contributed by atoms with van der Waals surface area (Å²) >= 11 is 1.98. The van der Waals surface area contributed by atoms with Gasteiger partial charge in [0.1, 0.15) is 0 Å². The van der Waals surface area contributed by atoms with E-state index in [0.29, 0.717) is 5.92 Å². The van der Waals surface area contributed by atoms with Crippen LogP contribution in [0.15, 0.2) is 0 Å². The van der Waals surface area contributed by atoms with E-state index in [9.17, 15) is 5.11 Å². The smallest absolute Gasteiger partial charge is 0.0743 e. The largest absolute Gasteiger partial charge is 0.389 e. The van der Waals surface area contributed by atoms with Gasteiger partial charge in [-0.3, -0.25) is 0 Å². The molecule has 0 heterocycles. The maximum atomic E-state index is 10.1. The predicted molar refractivity (Wildman–Crippen MR) is 75.2 cm³/mol. The molecular weight excluding hydrogens is 218 g/mol. The Morgan fingerprint density at radius 3 is 2.62 bits per heavy atom. The lowest BCUT2D eigenvalue weighted by Gasteiger charge is -2.24. The average molecular weight is 247 g/mol. The van der Waals surface area contributed by atoms with Gasteiger partial charge in [-0.2, -0.15) is 11.8 Å². The number of nitrogens with one attached hydrogen (secondary N) is 1. The Morgan fingerprint density at radius 1 is 1.38 bits per heavy atom. The fourth-order valence-electron chi connectivity index (χ4n) is 1.49. The van der Waals surface area contributed by atoms with Crippen LogP contribution in [-0.2, 0) is 0 Å². The van der Waals surface area contributed by atoms with Crippen molar-refractivity contribution < 1.29 is 5.11 Å². The molecule has 0 bridgehead atoms. The Hall–Kier alpha value is 0.270. The predicted octanol–water partition coefficient (Wildman–Crippen LogP) is 2.91. The SMILES string of the molecule is CCSCCCNCC(C)(O)CCC(C)C. The van der Waals surface area contributed by atoms with Crippen molar-refractivity contribution in [3.05, 3.63) is 0 Å². The van der Waals surface area contributed by atoms with Gasteiger partial charge in [-0.25, -0.2) is 0 Å². The normalized spacial score (nSPS) is 15.4. The van der Waals surface area contributed by atoms with Crippen LogP contribution in [0.4, 0.5) is 0 Å². The van der Waals surface area contributed by atoms with E-state index >= 15 is 0 Å². The molecule has 0 saturated carbocycles. The van der Waals surface area contributed by atoms with Crippen LogP contribution in [0.2, 0.25) is 0 Å². The highest BCUT2D eigenvalue weighted by atomic mass is 32.2. The van der Waals surface area contributed by atoms with Gasteiger partial charge in [-0.05, 0) is 50.2 Å². The van der Waals surface area contributed by atoms with Gasteiger partial charge in [0.2, 0.25) is 0 Å². The summed E-state index contributed by atoms with van der Waals surface area (Å²) in [5.41, 5.74) is -0.540. The molecule has 0 aliphatic rings. The standard InChI is InChI=1S/C13H29NOS/c1-5-16-10-6-9-14-11-13(4,15)8-7-12(2)3/h12,14-15H,5-11H2,1-4H3. The second kappa shape index (κ2) is 9.32. The fourth-order valence-corrected chi connectivity index (χ4v) is 2.13. The minimum absolute atomic E-state index is 0.540. The van der Waals surface area contributed by atoms with Crippen LogP contribution >= 0.6 is 11.8 Å². The van der Waals surface area contributed by atoms with Crippen molar-refractivity contribution >= 4 is 11.8 Å². The topological polar surface area (TPSA) is 32.3 Å². The highest BCUT2D eigenvalue weighted by Gasteiger charge is 2.19. The molecule has 3 heteroatoms. The first-order chi connectivity index (χ1) is 7.48. The highest BCUT2D eigenvalue weighted by Crippen LogP contribution is 2.15. The quantitative estimate of drug-likeness (QED) is 0.582. The summed E-state index contributed by atoms with van der Waals surface area (Å²) < 4.78 is 0. The number of thioether (sulfide) groups is 1. The first-order valence-corrected chi connectivity index (χ1v) is 7.64. The van der Waals surface area contributed by atoms with Gasteiger partial charge < -0.3 is 10.4 Å². The summed E-state index contributed by atoms with van der Waals surface area (Å²) in [7, 11) is 0. The molecule has 98 valence electrons. The second-order valence-corrected chi connectivity index (χ2v) is 6.55. The average Bonchev–Trinajstić information content (AvgIpc) is 2.21. The number of aliphatic hydroxyl groups is 1. The van der Waals surface area contributed by atoms with Gasteiger partial charge in [0.05, 0.1) is 5.60 Å². The highest BCUT2D eigenvalue weighted by molar-refractivity contribution is 7.99. The third-order valence-corrected chi connectivity index (χ3v) is 3.60. The van der Waals surface area contributed by atoms with E-state index in [1.54, 1.807) is 0 Å². The zero-order chi connectivity index (χ0) is 12.4. The van der Waals surface area contributed by atoms with E-state index in [0.717, 1.165) is 25.9 Å². The van der Waals surface area contributed by atoms with Crippen molar-refractivity contribution in [1.82, 2.24) is 5.32 Å². The van der Waals surface area contributed by atoms with Crippen molar-refractivity contribution in [3.8, 4) is 0 Å². The molecule has 0 rings (SSSR count). The fraction of sp³-hybridized carbons (Fsp3) is 1.00. The minimum Gasteiger partial charge on any atom is -0.389 e. The molecule has 2 N–H and O–H groups in total. The first-order valence-electron chi connectivity index (χ1n) is 6.49. The molecule has 0 amide bonds. The van der Waals surface area contributed by atoms with E-state index in [2.05, 4.69) is 26.1 Å². The summed E-state index contributed by atoms with van der Waals surface area (Å²) in [6, 6.07) is 0. The number of rotatable bonds is 10. The van der Waals surface area contributed by atoms with Crippen LogP contribution in [0.25, 0.3) is 0 Å². The first kappa shape index (κ1) is 16.3. The Bertz CT molecular complexity index is 160. The lowest BCUT2D eigenvalue weighted by atomic mass is 9.95. The molecule has 0 aliphatic heterocycles. The van der Waals surface area contributed by atoms with Gasteiger partial charge in [0.15, 0.2) is 0 Å². The van der Waals surface area contributed by atoms with E-state index in [4.69, 9.17) is 0 Å². The van der Waals surface area contributed by atoms with E-state index in [1.807, 2.05) is 18.7 Å². The molecule has 2 nitrogen and oxygen atoms in total. The Morgan fingerprint density at radius 2 is 2.06 bits per heavy atom. The second-order valence-electron chi connectivity index (χ2n) is 5.16. The third-order valence-electron chi connectivity index (χ3n) is 2.61. The Labute approximate surface area is 106 Å². The molecule has 0 fully saturated rings. The van der Waals surface area contributed by atoms with Crippen LogP contribution in [0.3, 0.4) is 0 Å². The summed E-state index contributed by atoms with van der Waals surface area (Å²) in [4.78, 5) is 0. The molecule has 0 saturated heterocycles. The number of hydrogen-bond donors (Lipinski definition) is 2. The van der Waals surface area contributed by atoms with Crippen LogP contribution < -0.4 is 5.32 Å². The van der Waals surface area contributed by atoms with E-state index < -0.39 is 5.60 Å².